The van der Waals surface area contributed by atoms with Crippen LogP contribution in [0.4, 0.5) is 0 Å². The van der Waals surface area contributed by atoms with Crippen molar-refractivity contribution in [2.75, 3.05) is 7.11 Å². The van der Waals surface area contributed by atoms with Crippen LogP contribution in [0.2, 0.25) is 0 Å². The molecule has 1 N–H and O–H groups in total. The monoisotopic (exact) mass is 300 g/mol. The molecule has 1 aromatic rings. The molecule has 4 atom stereocenters. The molecule has 0 radical (unpaired) electrons. The van der Waals surface area contributed by atoms with Crippen molar-refractivity contribution in [3.05, 3.63) is 23.3 Å². The number of carbonyl (C=O) groups excluding carboxylic acids is 1. The highest BCUT2D eigenvalue weighted by Crippen LogP contribution is 2.60. The van der Waals surface area contributed by atoms with E-state index in [-0.39, 0.29) is 11.2 Å². The van der Waals surface area contributed by atoms with E-state index in [1.165, 1.54) is 11.1 Å². The van der Waals surface area contributed by atoms with Crippen LogP contribution in [0.1, 0.15) is 56.1 Å². The number of benzene rings is 1. The molecule has 0 unspecified atom stereocenters. The summed E-state index contributed by atoms with van der Waals surface area (Å²) in [6.07, 6.45) is 6.02. The summed E-state index contributed by atoms with van der Waals surface area (Å²) in [6.45, 7) is 2.20. The second kappa shape index (κ2) is 4.74. The number of methoxy groups -OCH3 is 1. The first-order valence-electron chi connectivity index (χ1n) is 8.48. The molecule has 2 saturated carbocycles. The van der Waals surface area contributed by atoms with Crippen molar-refractivity contribution in [1.82, 2.24) is 0 Å². The fraction of sp³-hybridized carbons (Fsp3) is 0.632. The third-order valence-corrected chi connectivity index (χ3v) is 6.75. The first kappa shape index (κ1) is 14.1. The second-order valence-corrected chi connectivity index (χ2v) is 7.52. The molecule has 0 aromatic heterocycles. The summed E-state index contributed by atoms with van der Waals surface area (Å²) in [5.74, 6) is 3.09. The van der Waals surface area contributed by atoms with Crippen LogP contribution in [0, 0.1) is 17.3 Å². The van der Waals surface area contributed by atoms with Crippen molar-refractivity contribution in [3.8, 4) is 11.5 Å². The van der Waals surface area contributed by atoms with Gasteiger partial charge in [-0.15, -0.1) is 0 Å². The van der Waals surface area contributed by atoms with Gasteiger partial charge in [0, 0.05) is 17.4 Å². The van der Waals surface area contributed by atoms with Crippen LogP contribution in [0.25, 0.3) is 0 Å². The van der Waals surface area contributed by atoms with E-state index in [4.69, 9.17) is 4.74 Å². The standard InChI is InChI=1S/C19H24O3/c1-19-10-9-12-11-5-7-16(20)18(22-2)14(11)4-3-13(12)15(19)6-8-17(19)21/h5,7,12-13,15,20H,3-4,6,8-10H2,1-2H3/t12-,13+,15-,19+/m1/s1. The molecule has 3 heteroatoms. The van der Waals surface area contributed by atoms with Crippen LogP contribution in [0.15, 0.2) is 12.1 Å². The molecule has 0 bridgehead atoms. The molecule has 0 saturated heterocycles. The highest BCUT2D eigenvalue weighted by atomic mass is 16.5. The molecular weight excluding hydrogens is 276 g/mol. The Morgan fingerprint density at radius 1 is 1.23 bits per heavy atom. The number of rotatable bonds is 1. The lowest BCUT2D eigenvalue weighted by molar-refractivity contribution is -0.129. The summed E-state index contributed by atoms with van der Waals surface area (Å²) in [4.78, 5) is 12.3. The Hall–Kier alpha value is -1.51. The van der Waals surface area contributed by atoms with Crippen LogP contribution >= 0.6 is 0 Å². The molecule has 2 fully saturated rings. The topological polar surface area (TPSA) is 46.5 Å². The van der Waals surface area contributed by atoms with E-state index in [1.807, 2.05) is 0 Å². The van der Waals surface area contributed by atoms with E-state index in [9.17, 15) is 9.90 Å². The number of hydrogen-bond acceptors (Lipinski definition) is 3. The molecule has 3 aliphatic carbocycles. The predicted octanol–water partition coefficient (Wildman–Crippen LogP) is 3.83. The fourth-order valence-corrected chi connectivity index (χ4v) is 5.62. The van der Waals surface area contributed by atoms with Crippen molar-refractivity contribution < 1.29 is 14.6 Å². The summed E-state index contributed by atoms with van der Waals surface area (Å²) < 4.78 is 5.44. The van der Waals surface area contributed by atoms with Crippen LogP contribution < -0.4 is 4.74 Å². The molecule has 0 amide bonds. The minimum atomic E-state index is -0.0698. The van der Waals surface area contributed by atoms with Crippen molar-refractivity contribution >= 4 is 5.78 Å². The van der Waals surface area contributed by atoms with E-state index in [2.05, 4.69) is 13.0 Å². The average molecular weight is 300 g/mol. The molecule has 4 rings (SSSR count). The van der Waals surface area contributed by atoms with Gasteiger partial charge in [0.05, 0.1) is 7.11 Å². The number of fused-ring (bicyclic) bond motifs is 5. The van der Waals surface area contributed by atoms with E-state index in [0.29, 0.717) is 29.3 Å². The highest BCUT2D eigenvalue weighted by Gasteiger charge is 2.54. The predicted molar refractivity (Wildman–Crippen MR) is 84.3 cm³/mol. The fourth-order valence-electron chi connectivity index (χ4n) is 5.62. The molecule has 0 heterocycles. The Kier molecular flexibility index (Phi) is 3.04. The van der Waals surface area contributed by atoms with Gasteiger partial charge in [0.2, 0.25) is 0 Å². The number of aromatic hydroxyl groups is 1. The first-order chi connectivity index (χ1) is 10.6. The molecule has 1 aromatic carbocycles. The van der Waals surface area contributed by atoms with Gasteiger partial charge in [-0.25, -0.2) is 0 Å². The number of ether oxygens (including phenoxy) is 1. The molecule has 3 aliphatic rings. The summed E-state index contributed by atoms with van der Waals surface area (Å²) in [5, 5.41) is 10.0. The maximum atomic E-state index is 12.3. The zero-order chi connectivity index (χ0) is 15.5. The first-order valence-corrected chi connectivity index (χ1v) is 8.48. The molecule has 22 heavy (non-hydrogen) atoms. The SMILES string of the molecule is COc1c(O)ccc2c1CC[C@H]1[C@@H]2CC[C@]2(C)C(=O)CC[C@H]12. The number of carbonyl (C=O) groups is 1. The lowest BCUT2D eigenvalue weighted by Gasteiger charge is -2.48. The Labute approximate surface area is 131 Å². The van der Waals surface area contributed by atoms with Gasteiger partial charge in [0.15, 0.2) is 11.5 Å². The van der Waals surface area contributed by atoms with Gasteiger partial charge in [-0.2, -0.15) is 0 Å². The smallest absolute Gasteiger partial charge is 0.163 e. The van der Waals surface area contributed by atoms with Crippen molar-refractivity contribution in [1.29, 1.82) is 0 Å². The lowest BCUT2D eigenvalue weighted by Crippen LogP contribution is -2.42. The summed E-state index contributed by atoms with van der Waals surface area (Å²) in [6, 6.07) is 3.86. The van der Waals surface area contributed by atoms with Gasteiger partial charge in [0.1, 0.15) is 5.78 Å². The van der Waals surface area contributed by atoms with Crippen molar-refractivity contribution in [2.24, 2.45) is 17.3 Å². The van der Waals surface area contributed by atoms with Crippen LogP contribution in [0.3, 0.4) is 0 Å². The zero-order valence-electron chi connectivity index (χ0n) is 13.4. The summed E-state index contributed by atoms with van der Waals surface area (Å²) >= 11 is 0. The Bertz CT molecular complexity index is 636. The second-order valence-electron chi connectivity index (χ2n) is 7.52. The minimum absolute atomic E-state index is 0.0698. The third kappa shape index (κ3) is 1.71. The van der Waals surface area contributed by atoms with E-state index in [1.54, 1.807) is 13.2 Å². The maximum absolute atomic E-state index is 12.3. The molecule has 0 aliphatic heterocycles. The van der Waals surface area contributed by atoms with Gasteiger partial charge in [-0.1, -0.05) is 13.0 Å². The average Bonchev–Trinajstić information content (AvgIpc) is 2.82. The summed E-state index contributed by atoms with van der Waals surface area (Å²) in [5.41, 5.74) is 2.48. The normalized spacial score (nSPS) is 36.5. The van der Waals surface area contributed by atoms with Crippen LogP contribution in [0.5, 0.6) is 11.5 Å². The van der Waals surface area contributed by atoms with Crippen LogP contribution in [-0.4, -0.2) is 18.0 Å². The Morgan fingerprint density at radius 2 is 2.05 bits per heavy atom. The van der Waals surface area contributed by atoms with E-state index < -0.39 is 0 Å². The van der Waals surface area contributed by atoms with Gasteiger partial charge in [-0.05, 0) is 61.5 Å². The van der Waals surface area contributed by atoms with Gasteiger partial charge in [0.25, 0.3) is 0 Å². The molecule has 118 valence electrons. The number of Topliss-reactive ketones (excluding diaryl/α,β-unsaturated/α-hetero) is 1. The maximum Gasteiger partial charge on any atom is 0.163 e. The largest absolute Gasteiger partial charge is 0.504 e. The molecular formula is C19H24O3. The van der Waals surface area contributed by atoms with Crippen molar-refractivity contribution in [3.63, 3.8) is 0 Å². The zero-order valence-corrected chi connectivity index (χ0v) is 13.4. The summed E-state index contributed by atoms with van der Waals surface area (Å²) in [7, 11) is 1.63. The van der Waals surface area contributed by atoms with Gasteiger partial charge in [-0.3, -0.25) is 4.79 Å². The third-order valence-electron chi connectivity index (χ3n) is 6.75. The molecule has 3 nitrogen and oxygen atoms in total. The number of phenolic OH excluding ortho intramolecular Hbond substituents is 1. The molecule has 0 spiro atoms. The number of hydrogen-bond donors (Lipinski definition) is 1. The minimum Gasteiger partial charge on any atom is -0.504 e. The Balaban J connectivity index is 1.75. The van der Waals surface area contributed by atoms with Gasteiger partial charge >= 0.3 is 0 Å². The van der Waals surface area contributed by atoms with Gasteiger partial charge < -0.3 is 9.84 Å². The van der Waals surface area contributed by atoms with E-state index in [0.717, 1.165) is 38.5 Å². The number of phenols is 1. The highest BCUT2D eigenvalue weighted by molar-refractivity contribution is 5.87. The number of ketones is 1. The quantitative estimate of drug-likeness (QED) is 0.857. The van der Waals surface area contributed by atoms with Crippen LogP contribution in [-0.2, 0) is 11.2 Å². The Morgan fingerprint density at radius 3 is 2.82 bits per heavy atom. The van der Waals surface area contributed by atoms with Crippen molar-refractivity contribution in [2.45, 2.75) is 51.4 Å². The van der Waals surface area contributed by atoms with E-state index >= 15 is 0 Å². The lowest BCUT2D eigenvalue weighted by atomic mass is 9.55.